The van der Waals surface area contributed by atoms with E-state index in [-0.39, 0.29) is 12.2 Å². The predicted octanol–water partition coefficient (Wildman–Crippen LogP) is 2.57. The van der Waals surface area contributed by atoms with Gasteiger partial charge in [0.25, 0.3) is 0 Å². The molecule has 106 valence electrons. The SMILES string of the molecule is OCc1cc(F)c(OCc2cncn2C2CC2)c(F)c1. The van der Waals surface area contributed by atoms with Gasteiger partial charge in [-0.05, 0) is 30.5 Å². The number of nitrogens with zero attached hydrogens (tertiary/aromatic N) is 2. The van der Waals surface area contributed by atoms with Gasteiger partial charge in [0.2, 0.25) is 0 Å². The quantitative estimate of drug-likeness (QED) is 0.915. The third-order valence-electron chi connectivity index (χ3n) is 3.29. The molecule has 1 aliphatic carbocycles. The van der Waals surface area contributed by atoms with E-state index < -0.39 is 24.0 Å². The zero-order chi connectivity index (χ0) is 14.1. The Morgan fingerprint density at radius 3 is 2.60 bits per heavy atom. The van der Waals surface area contributed by atoms with Crippen LogP contribution in [-0.4, -0.2) is 14.7 Å². The van der Waals surface area contributed by atoms with Gasteiger partial charge in [-0.2, -0.15) is 0 Å². The monoisotopic (exact) mass is 280 g/mol. The average Bonchev–Trinajstić information content (AvgIpc) is 3.17. The van der Waals surface area contributed by atoms with E-state index in [0.29, 0.717) is 6.04 Å². The highest BCUT2D eigenvalue weighted by Gasteiger charge is 2.25. The summed E-state index contributed by atoms with van der Waals surface area (Å²) in [5.41, 5.74) is 0.966. The van der Waals surface area contributed by atoms with Crippen molar-refractivity contribution < 1.29 is 18.6 Å². The van der Waals surface area contributed by atoms with Gasteiger partial charge < -0.3 is 14.4 Å². The lowest BCUT2D eigenvalue weighted by molar-refractivity contribution is 0.260. The number of aromatic nitrogens is 2. The largest absolute Gasteiger partial charge is 0.481 e. The van der Waals surface area contributed by atoms with Crippen LogP contribution in [0.3, 0.4) is 0 Å². The normalized spacial score (nSPS) is 14.6. The molecule has 2 aromatic rings. The van der Waals surface area contributed by atoms with E-state index in [2.05, 4.69) is 4.98 Å². The van der Waals surface area contributed by atoms with Gasteiger partial charge >= 0.3 is 0 Å². The smallest absolute Gasteiger partial charge is 0.191 e. The van der Waals surface area contributed by atoms with E-state index in [1.54, 1.807) is 12.5 Å². The summed E-state index contributed by atoms with van der Waals surface area (Å²) in [5.74, 6) is -2.05. The molecule has 4 nitrogen and oxygen atoms in total. The fraction of sp³-hybridized carbons (Fsp3) is 0.357. The Labute approximate surface area is 114 Å². The molecule has 20 heavy (non-hydrogen) atoms. The first-order valence-corrected chi connectivity index (χ1v) is 6.41. The third-order valence-corrected chi connectivity index (χ3v) is 3.29. The molecule has 1 fully saturated rings. The van der Waals surface area contributed by atoms with Crippen molar-refractivity contribution in [1.29, 1.82) is 0 Å². The zero-order valence-corrected chi connectivity index (χ0v) is 10.7. The summed E-state index contributed by atoms with van der Waals surface area (Å²) in [6, 6.07) is 2.57. The number of imidazole rings is 1. The van der Waals surface area contributed by atoms with Crippen LogP contribution in [0.2, 0.25) is 0 Å². The Kier molecular flexibility index (Phi) is 3.40. The van der Waals surface area contributed by atoms with Crippen LogP contribution in [0.1, 0.15) is 30.1 Å². The second-order valence-electron chi connectivity index (χ2n) is 4.86. The number of aliphatic hydroxyl groups is 1. The Morgan fingerprint density at radius 2 is 2.00 bits per heavy atom. The summed E-state index contributed by atoms with van der Waals surface area (Å²) >= 11 is 0. The van der Waals surface area contributed by atoms with Crippen molar-refractivity contribution in [3.63, 3.8) is 0 Å². The molecule has 0 saturated heterocycles. The Balaban J connectivity index is 1.76. The van der Waals surface area contributed by atoms with Crippen LogP contribution in [0.15, 0.2) is 24.7 Å². The van der Waals surface area contributed by atoms with Gasteiger partial charge in [-0.15, -0.1) is 0 Å². The van der Waals surface area contributed by atoms with Gasteiger partial charge in [0.05, 0.1) is 24.8 Å². The van der Waals surface area contributed by atoms with Crippen LogP contribution in [-0.2, 0) is 13.2 Å². The number of aliphatic hydroxyl groups excluding tert-OH is 1. The molecule has 1 heterocycles. The number of rotatable bonds is 5. The summed E-state index contributed by atoms with van der Waals surface area (Å²) < 4.78 is 34.6. The molecule has 0 unspecified atom stereocenters. The molecule has 0 aliphatic heterocycles. The van der Waals surface area contributed by atoms with Crippen LogP contribution in [0.4, 0.5) is 8.78 Å². The van der Waals surface area contributed by atoms with Crippen molar-refractivity contribution in [3.05, 3.63) is 47.5 Å². The van der Waals surface area contributed by atoms with Crippen LogP contribution in [0.5, 0.6) is 5.75 Å². The number of hydrogen-bond acceptors (Lipinski definition) is 3. The summed E-state index contributed by atoms with van der Waals surface area (Å²) in [4.78, 5) is 4.03. The van der Waals surface area contributed by atoms with Gasteiger partial charge in [0, 0.05) is 6.04 Å². The summed E-state index contributed by atoms with van der Waals surface area (Å²) in [7, 11) is 0. The van der Waals surface area contributed by atoms with Crippen LogP contribution < -0.4 is 4.74 Å². The van der Waals surface area contributed by atoms with Gasteiger partial charge in [-0.3, -0.25) is 0 Å². The van der Waals surface area contributed by atoms with Crippen molar-refractivity contribution in [2.75, 3.05) is 0 Å². The molecule has 1 N–H and O–H groups in total. The molecule has 0 spiro atoms. The molecular weight excluding hydrogens is 266 g/mol. The standard InChI is InChI=1S/C14H14F2N2O2/c15-12-3-9(6-19)4-13(16)14(12)20-7-11-5-17-8-18(11)10-1-2-10/h3-5,8,10,19H,1-2,6-7H2. The maximum atomic E-state index is 13.7. The molecule has 1 aromatic heterocycles. The predicted molar refractivity (Wildman–Crippen MR) is 67.1 cm³/mol. The van der Waals surface area contributed by atoms with E-state index >= 15 is 0 Å². The van der Waals surface area contributed by atoms with Crippen molar-refractivity contribution in [3.8, 4) is 5.75 Å². The molecule has 0 amide bonds. The first-order valence-electron chi connectivity index (χ1n) is 6.41. The molecule has 1 aliphatic rings. The van der Waals surface area contributed by atoms with Crippen molar-refractivity contribution in [1.82, 2.24) is 9.55 Å². The highest BCUT2D eigenvalue weighted by Crippen LogP contribution is 2.36. The lowest BCUT2D eigenvalue weighted by Crippen LogP contribution is -2.06. The lowest BCUT2D eigenvalue weighted by Gasteiger charge is -2.11. The highest BCUT2D eigenvalue weighted by molar-refractivity contribution is 5.31. The Hall–Kier alpha value is -1.95. The van der Waals surface area contributed by atoms with Crippen LogP contribution in [0.25, 0.3) is 0 Å². The summed E-state index contributed by atoms with van der Waals surface area (Å²) in [6.07, 6.45) is 5.53. The molecule has 0 radical (unpaired) electrons. The van der Waals surface area contributed by atoms with E-state index in [1.165, 1.54) is 0 Å². The minimum Gasteiger partial charge on any atom is -0.481 e. The second kappa shape index (κ2) is 5.20. The minimum absolute atomic E-state index is 0.0583. The Morgan fingerprint density at radius 1 is 1.30 bits per heavy atom. The molecule has 6 heteroatoms. The first-order chi connectivity index (χ1) is 9.69. The lowest BCUT2D eigenvalue weighted by atomic mass is 10.2. The van der Waals surface area contributed by atoms with E-state index in [9.17, 15) is 8.78 Å². The zero-order valence-electron chi connectivity index (χ0n) is 10.7. The van der Waals surface area contributed by atoms with Crippen molar-refractivity contribution >= 4 is 0 Å². The summed E-state index contributed by atoms with van der Waals surface area (Å²) in [5, 5.41) is 8.88. The molecule has 3 rings (SSSR count). The topological polar surface area (TPSA) is 47.3 Å². The van der Waals surface area contributed by atoms with Gasteiger partial charge in [0.1, 0.15) is 6.61 Å². The number of benzene rings is 1. The van der Waals surface area contributed by atoms with E-state index in [4.69, 9.17) is 9.84 Å². The van der Waals surface area contributed by atoms with Crippen LogP contribution in [0, 0.1) is 11.6 Å². The van der Waals surface area contributed by atoms with E-state index in [1.807, 2.05) is 4.57 Å². The van der Waals surface area contributed by atoms with Crippen molar-refractivity contribution in [2.45, 2.75) is 32.1 Å². The van der Waals surface area contributed by atoms with Crippen molar-refractivity contribution in [2.24, 2.45) is 0 Å². The fourth-order valence-corrected chi connectivity index (χ4v) is 2.11. The Bertz CT molecular complexity index is 600. The highest BCUT2D eigenvalue weighted by atomic mass is 19.1. The second-order valence-corrected chi connectivity index (χ2v) is 4.86. The maximum Gasteiger partial charge on any atom is 0.191 e. The van der Waals surface area contributed by atoms with Gasteiger partial charge in [-0.25, -0.2) is 13.8 Å². The number of halogens is 2. The molecular formula is C14H14F2N2O2. The molecule has 0 bridgehead atoms. The fourth-order valence-electron chi connectivity index (χ4n) is 2.11. The molecule has 1 saturated carbocycles. The van der Waals surface area contributed by atoms with Crippen LogP contribution >= 0.6 is 0 Å². The number of hydrogen-bond donors (Lipinski definition) is 1. The first kappa shape index (κ1) is 13.1. The number of ether oxygens (including phenoxy) is 1. The third kappa shape index (κ3) is 2.51. The van der Waals surface area contributed by atoms with Gasteiger partial charge in [0.15, 0.2) is 17.4 Å². The van der Waals surface area contributed by atoms with Gasteiger partial charge in [-0.1, -0.05) is 0 Å². The summed E-state index contributed by atoms with van der Waals surface area (Å²) in [6.45, 7) is -0.356. The molecule has 0 atom stereocenters. The average molecular weight is 280 g/mol. The minimum atomic E-state index is -0.813. The van der Waals surface area contributed by atoms with E-state index in [0.717, 1.165) is 30.7 Å². The molecule has 1 aromatic carbocycles. The maximum absolute atomic E-state index is 13.7.